The molecule has 3 heteroatoms. The van der Waals surface area contributed by atoms with Gasteiger partial charge in [-0.05, 0) is 78.2 Å². The molecule has 0 amide bonds. The molecular weight excluding hydrogens is 393 g/mol. The number of benzene rings is 2. The van der Waals surface area contributed by atoms with Crippen molar-refractivity contribution in [2.75, 3.05) is 6.54 Å². The van der Waals surface area contributed by atoms with Crippen LogP contribution in [0.5, 0.6) is 0 Å². The quantitative estimate of drug-likeness (QED) is 0.625. The molecule has 21 heavy (non-hydrogen) atoms. The van der Waals surface area contributed by atoms with Crippen LogP contribution in [-0.2, 0) is 0 Å². The Morgan fingerprint density at radius 1 is 1.14 bits per heavy atom. The lowest BCUT2D eigenvalue weighted by Crippen LogP contribution is -2.24. The van der Waals surface area contributed by atoms with Crippen LogP contribution in [0.3, 0.4) is 0 Å². The molecule has 0 aliphatic heterocycles. The van der Waals surface area contributed by atoms with Crippen molar-refractivity contribution < 1.29 is 0 Å². The molecule has 0 bridgehead atoms. The summed E-state index contributed by atoms with van der Waals surface area (Å²) in [6.07, 6.45) is 1.11. The van der Waals surface area contributed by atoms with E-state index in [0.717, 1.165) is 21.6 Å². The fourth-order valence-corrected chi connectivity index (χ4v) is 3.06. The Morgan fingerprint density at radius 2 is 1.90 bits per heavy atom. The van der Waals surface area contributed by atoms with Gasteiger partial charge in [0, 0.05) is 3.57 Å². The van der Waals surface area contributed by atoms with Gasteiger partial charge in [-0.25, -0.2) is 0 Å². The minimum Gasteiger partial charge on any atom is -0.306 e. The third-order valence-corrected chi connectivity index (χ3v) is 5.18. The molecule has 1 nitrogen and oxygen atoms in total. The molecule has 0 fully saturated rings. The molecule has 0 saturated carbocycles. The summed E-state index contributed by atoms with van der Waals surface area (Å²) < 4.78 is 1.09. The van der Waals surface area contributed by atoms with Crippen LogP contribution in [0.25, 0.3) is 0 Å². The topological polar surface area (TPSA) is 12.0 Å². The van der Waals surface area contributed by atoms with Crippen LogP contribution in [0.1, 0.15) is 41.6 Å². The van der Waals surface area contributed by atoms with Crippen LogP contribution in [0.2, 0.25) is 5.02 Å². The standard InChI is InChI=1S/C18H21ClIN/c1-4-9-21-18(14-6-8-17(20)16(19)11-14)15-7-5-12(2)10-13(15)3/h5-8,10-11,18,21H,4,9H2,1-3H3. The van der Waals surface area contributed by atoms with Crippen molar-refractivity contribution in [1.82, 2.24) is 5.32 Å². The van der Waals surface area contributed by atoms with Gasteiger partial charge in [-0.3, -0.25) is 0 Å². The number of nitrogens with one attached hydrogen (secondary N) is 1. The predicted octanol–water partition coefficient (Wildman–Crippen LogP) is 5.65. The Bertz CT molecular complexity index is 625. The third kappa shape index (κ3) is 4.21. The Labute approximate surface area is 146 Å². The lowest BCUT2D eigenvalue weighted by atomic mass is 9.93. The fraction of sp³-hybridized carbons (Fsp3) is 0.333. The molecule has 2 rings (SSSR count). The first kappa shape index (κ1) is 16.8. The molecule has 1 atom stereocenters. The molecule has 0 spiro atoms. The SMILES string of the molecule is CCCNC(c1ccc(I)c(Cl)c1)c1ccc(C)cc1C. The number of halogens is 2. The fourth-order valence-electron chi connectivity index (χ4n) is 2.54. The number of aryl methyl sites for hydroxylation is 2. The number of hydrogen-bond donors (Lipinski definition) is 1. The van der Waals surface area contributed by atoms with Gasteiger partial charge in [0.15, 0.2) is 0 Å². The highest BCUT2D eigenvalue weighted by Crippen LogP contribution is 2.29. The third-order valence-electron chi connectivity index (χ3n) is 3.61. The van der Waals surface area contributed by atoms with Gasteiger partial charge < -0.3 is 5.32 Å². The molecular formula is C18H21ClIN. The van der Waals surface area contributed by atoms with Gasteiger partial charge in [0.2, 0.25) is 0 Å². The van der Waals surface area contributed by atoms with Crippen LogP contribution in [0, 0.1) is 17.4 Å². The Morgan fingerprint density at radius 3 is 2.52 bits per heavy atom. The zero-order valence-electron chi connectivity index (χ0n) is 12.7. The van der Waals surface area contributed by atoms with Crippen molar-refractivity contribution in [3.63, 3.8) is 0 Å². The molecule has 2 aromatic carbocycles. The van der Waals surface area contributed by atoms with E-state index in [2.05, 4.69) is 85.1 Å². The summed E-state index contributed by atoms with van der Waals surface area (Å²) in [6.45, 7) is 7.48. The van der Waals surface area contributed by atoms with E-state index in [4.69, 9.17) is 11.6 Å². The van der Waals surface area contributed by atoms with Crippen molar-refractivity contribution in [3.05, 3.63) is 67.2 Å². The first-order valence-electron chi connectivity index (χ1n) is 7.28. The van der Waals surface area contributed by atoms with Gasteiger partial charge in [0.05, 0.1) is 11.1 Å². The van der Waals surface area contributed by atoms with Gasteiger partial charge in [0.25, 0.3) is 0 Å². The first-order chi connectivity index (χ1) is 10.0. The highest BCUT2D eigenvalue weighted by molar-refractivity contribution is 14.1. The van der Waals surface area contributed by atoms with Crippen molar-refractivity contribution >= 4 is 34.2 Å². The summed E-state index contributed by atoms with van der Waals surface area (Å²) in [6, 6.07) is 13.2. The summed E-state index contributed by atoms with van der Waals surface area (Å²) in [7, 11) is 0. The molecule has 0 aliphatic rings. The van der Waals surface area contributed by atoms with E-state index in [1.807, 2.05) is 0 Å². The van der Waals surface area contributed by atoms with Crippen LogP contribution < -0.4 is 5.32 Å². The average Bonchev–Trinajstić information content (AvgIpc) is 2.44. The molecule has 0 aromatic heterocycles. The minimum atomic E-state index is 0.194. The summed E-state index contributed by atoms with van der Waals surface area (Å²) in [5, 5.41) is 4.47. The maximum atomic E-state index is 6.31. The second-order valence-electron chi connectivity index (χ2n) is 5.42. The molecule has 2 aromatic rings. The molecule has 0 radical (unpaired) electrons. The summed E-state index contributed by atoms with van der Waals surface area (Å²) >= 11 is 8.58. The van der Waals surface area contributed by atoms with Gasteiger partial charge >= 0.3 is 0 Å². The van der Waals surface area contributed by atoms with Crippen molar-refractivity contribution in [2.45, 2.75) is 33.2 Å². The average molecular weight is 414 g/mol. The largest absolute Gasteiger partial charge is 0.306 e. The van der Waals surface area contributed by atoms with Gasteiger partial charge in [-0.2, -0.15) is 0 Å². The maximum absolute atomic E-state index is 6.31. The highest BCUT2D eigenvalue weighted by Gasteiger charge is 2.16. The van der Waals surface area contributed by atoms with Gasteiger partial charge in [-0.15, -0.1) is 0 Å². The Kier molecular flexibility index (Phi) is 6.08. The Hall–Kier alpha value is -0.580. The molecule has 1 unspecified atom stereocenters. The van der Waals surface area contributed by atoms with Crippen LogP contribution >= 0.6 is 34.2 Å². The van der Waals surface area contributed by atoms with E-state index in [9.17, 15) is 0 Å². The van der Waals surface area contributed by atoms with Crippen LogP contribution in [-0.4, -0.2) is 6.54 Å². The van der Waals surface area contributed by atoms with Crippen molar-refractivity contribution in [1.29, 1.82) is 0 Å². The van der Waals surface area contributed by atoms with Gasteiger partial charge in [0.1, 0.15) is 0 Å². The Balaban J connectivity index is 2.44. The number of hydrogen-bond acceptors (Lipinski definition) is 1. The monoisotopic (exact) mass is 413 g/mol. The van der Waals surface area contributed by atoms with Crippen LogP contribution in [0.15, 0.2) is 36.4 Å². The molecule has 112 valence electrons. The lowest BCUT2D eigenvalue weighted by molar-refractivity contribution is 0.596. The van der Waals surface area contributed by atoms with Crippen molar-refractivity contribution in [2.24, 2.45) is 0 Å². The smallest absolute Gasteiger partial charge is 0.0579 e. The summed E-state index contributed by atoms with van der Waals surface area (Å²) in [5.41, 5.74) is 5.16. The van der Waals surface area contributed by atoms with E-state index < -0.39 is 0 Å². The van der Waals surface area contributed by atoms with Gasteiger partial charge in [-0.1, -0.05) is 48.4 Å². The van der Waals surface area contributed by atoms with Crippen LogP contribution in [0.4, 0.5) is 0 Å². The maximum Gasteiger partial charge on any atom is 0.0579 e. The van der Waals surface area contributed by atoms with E-state index in [1.54, 1.807) is 0 Å². The second kappa shape index (κ2) is 7.61. The number of rotatable bonds is 5. The minimum absolute atomic E-state index is 0.194. The lowest BCUT2D eigenvalue weighted by Gasteiger charge is -2.22. The highest BCUT2D eigenvalue weighted by atomic mass is 127. The second-order valence-corrected chi connectivity index (χ2v) is 6.99. The van der Waals surface area contributed by atoms with E-state index >= 15 is 0 Å². The molecule has 0 saturated heterocycles. The summed E-state index contributed by atoms with van der Waals surface area (Å²) in [4.78, 5) is 0. The summed E-state index contributed by atoms with van der Waals surface area (Å²) in [5.74, 6) is 0. The van der Waals surface area contributed by atoms with E-state index in [0.29, 0.717) is 0 Å². The molecule has 1 N–H and O–H groups in total. The first-order valence-corrected chi connectivity index (χ1v) is 8.74. The zero-order valence-corrected chi connectivity index (χ0v) is 15.6. The predicted molar refractivity (Wildman–Crippen MR) is 100 cm³/mol. The van der Waals surface area contributed by atoms with Crippen molar-refractivity contribution in [3.8, 4) is 0 Å². The molecule has 0 aliphatic carbocycles. The normalized spacial score (nSPS) is 12.4. The van der Waals surface area contributed by atoms with E-state index in [-0.39, 0.29) is 6.04 Å². The van der Waals surface area contributed by atoms with E-state index in [1.165, 1.54) is 22.3 Å². The zero-order chi connectivity index (χ0) is 15.4. The molecule has 0 heterocycles.